The minimum Gasteiger partial charge on any atom is -0.337 e. The van der Waals surface area contributed by atoms with Crippen LogP contribution in [0.5, 0.6) is 0 Å². The maximum absolute atomic E-state index is 12.4. The molecule has 0 spiro atoms. The van der Waals surface area contributed by atoms with Crippen LogP contribution >= 0.6 is 0 Å². The van der Waals surface area contributed by atoms with Crippen LogP contribution in [0, 0.1) is 13.8 Å². The molecule has 0 fully saturated rings. The maximum atomic E-state index is 12.4. The third-order valence-electron chi connectivity index (χ3n) is 3.98. The van der Waals surface area contributed by atoms with Crippen molar-refractivity contribution < 1.29 is 13.2 Å². The SMILES string of the molecule is Cc1ccc(C)c(S(=O)(=O)NCCNC(=O)NC(C)c2ccccc2)c1. The van der Waals surface area contributed by atoms with Crippen LogP contribution in [0.15, 0.2) is 53.4 Å². The van der Waals surface area contributed by atoms with Gasteiger partial charge in [0.15, 0.2) is 0 Å². The number of urea groups is 1. The van der Waals surface area contributed by atoms with Gasteiger partial charge in [-0.1, -0.05) is 42.5 Å². The van der Waals surface area contributed by atoms with Gasteiger partial charge >= 0.3 is 6.03 Å². The van der Waals surface area contributed by atoms with Crippen molar-refractivity contribution >= 4 is 16.1 Å². The van der Waals surface area contributed by atoms with Gasteiger partial charge in [0, 0.05) is 13.1 Å². The number of hydrogen-bond donors (Lipinski definition) is 3. The van der Waals surface area contributed by atoms with Gasteiger partial charge in [-0.3, -0.25) is 0 Å². The molecule has 2 amide bonds. The molecule has 0 aromatic heterocycles. The lowest BCUT2D eigenvalue weighted by molar-refractivity contribution is 0.238. The normalized spacial score (nSPS) is 12.4. The Labute approximate surface area is 155 Å². The Morgan fingerprint density at radius 1 is 1.04 bits per heavy atom. The predicted octanol–water partition coefficient (Wildman–Crippen LogP) is 2.64. The Bertz CT molecular complexity index is 852. The quantitative estimate of drug-likeness (QED) is 0.650. The highest BCUT2D eigenvalue weighted by Gasteiger charge is 2.16. The van der Waals surface area contributed by atoms with Crippen molar-refractivity contribution in [1.29, 1.82) is 0 Å². The van der Waals surface area contributed by atoms with E-state index in [1.165, 1.54) is 0 Å². The molecule has 7 heteroatoms. The fraction of sp³-hybridized carbons (Fsp3) is 0.316. The summed E-state index contributed by atoms with van der Waals surface area (Å²) in [5, 5.41) is 5.47. The van der Waals surface area contributed by atoms with Crippen molar-refractivity contribution in [2.24, 2.45) is 0 Å². The van der Waals surface area contributed by atoms with Crippen molar-refractivity contribution in [3.63, 3.8) is 0 Å². The van der Waals surface area contributed by atoms with Crippen LogP contribution in [-0.2, 0) is 10.0 Å². The summed E-state index contributed by atoms with van der Waals surface area (Å²) in [6, 6.07) is 14.4. The summed E-state index contributed by atoms with van der Waals surface area (Å²) in [5.41, 5.74) is 2.56. The number of sulfonamides is 1. The molecule has 1 atom stereocenters. The van der Waals surface area contributed by atoms with Crippen LogP contribution in [0.25, 0.3) is 0 Å². The van der Waals surface area contributed by atoms with E-state index in [9.17, 15) is 13.2 Å². The molecular formula is C19H25N3O3S. The van der Waals surface area contributed by atoms with Gasteiger partial charge in [0.1, 0.15) is 0 Å². The Morgan fingerprint density at radius 3 is 2.42 bits per heavy atom. The molecule has 2 aromatic carbocycles. The number of nitrogens with one attached hydrogen (secondary N) is 3. The standard InChI is InChI=1S/C19H25N3O3S/c1-14-9-10-15(2)18(13-14)26(24,25)21-12-11-20-19(23)22-16(3)17-7-5-4-6-8-17/h4-10,13,16,21H,11-12H2,1-3H3,(H2,20,22,23). The molecule has 0 aliphatic carbocycles. The van der Waals surface area contributed by atoms with Gasteiger partial charge in [-0.25, -0.2) is 17.9 Å². The van der Waals surface area contributed by atoms with Gasteiger partial charge in [0.2, 0.25) is 10.0 Å². The third-order valence-corrected chi connectivity index (χ3v) is 5.59. The molecule has 3 N–H and O–H groups in total. The Kier molecular flexibility index (Phi) is 6.76. The summed E-state index contributed by atoms with van der Waals surface area (Å²) >= 11 is 0. The van der Waals surface area contributed by atoms with Crippen LogP contribution in [0.4, 0.5) is 4.79 Å². The summed E-state index contributed by atoms with van der Waals surface area (Å²) in [5.74, 6) is 0. The van der Waals surface area contributed by atoms with E-state index in [1.807, 2.05) is 50.2 Å². The molecular weight excluding hydrogens is 350 g/mol. The van der Waals surface area contributed by atoms with Crippen molar-refractivity contribution in [3.05, 3.63) is 65.2 Å². The van der Waals surface area contributed by atoms with Gasteiger partial charge in [0.25, 0.3) is 0 Å². The van der Waals surface area contributed by atoms with E-state index < -0.39 is 10.0 Å². The minimum atomic E-state index is -3.60. The van der Waals surface area contributed by atoms with Gasteiger partial charge in [-0.15, -0.1) is 0 Å². The smallest absolute Gasteiger partial charge is 0.315 e. The van der Waals surface area contributed by atoms with Crippen LogP contribution in [-0.4, -0.2) is 27.5 Å². The molecule has 6 nitrogen and oxygen atoms in total. The molecule has 2 rings (SSSR count). The lowest BCUT2D eigenvalue weighted by Crippen LogP contribution is -2.41. The molecule has 0 saturated carbocycles. The first-order chi connectivity index (χ1) is 12.3. The van der Waals surface area contributed by atoms with Crippen molar-refractivity contribution in [2.75, 3.05) is 13.1 Å². The second-order valence-electron chi connectivity index (χ2n) is 6.20. The second-order valence-corrected chi connectivity index (χ2v) is 7.93. The third kappa shape index (κ3) is 5.57. The van der Waals surface area contributed by atoms with Crippen molar-refractivity contribution in [1.82, 2.24) is 15.4 Å². The predicted molar refractivity (Wildman–Crippen MR) is 102 cm³/mol. The number of amides is 2. The van der Waals surface area contributed by atoms with E-state index >= 15 is 0 Å². The number of benzene rings is 2. The number of hydrogen-bond acceptors (Lipinski definition) is 3. The summed E-state index contributed by atoms with van der Waals surface area (Å²) in [6.07, 6.45) is 0. The zero-order valence-electron chi connectivity index (χ0n) is 15.2. The number of carbonyl (C=O) groups excluding carboxylic acids is 1. The fourth-order valence-corrected chi connectivity index (χ4v) is 3.87. The molecule has 0 radical (unpaired) electrons. The second kappa shape index (κ2) is 8.82. The number of carbonyl (C=O) groups is 1. The highest BCUT2D eigenvalue weighted by Crippen LogP contribution is 2.16. The van der Waals surface area contributed by atoms with Crippen molar-refractivity contribution in [2.45, 2.75) is 31.7 Å². The van der Waals surface area contributed by atoms with E-state index in [0.29, 0.717) is 5.56 Å². The average molecular weight is 375 g/mol. The molecule has 1 unspecified atom stereocenters. The van der Waals surface area contributed by atoms with Gasteiger partial charge < -0.3 is 10.6 Å². The number of aryl methyl sites for hydroxylation is 2. The summed E-state index contributed by atoms with van der Waals surface area (Å²) in [4.78, 5) is 12.2. The molecule has 0 aliphatic rings. The molecule has 0 aliphatic heterocycles. The molecule has 0 bridgehead atoms. The lowest BCUT2D eigenvalue weighted by atomic mass is 10.1. The number of rotatable bonds is 7. The molecule has 2 aromatic rings. The van der Waals surface area contributed by atoms with E-state index in [-0.39, 0.29) is 30.1 Å². The first-order valence-corrected chi connectivity index (χ1v) is 9.94. The first-order valence-electron chi connectivity index (χ1n) is 8.46. The molecule has 0 heterocycles. The Morgan fingerprint density at radius 2 is 1.73 bits per heavy atom. The van der Waals surface area contributed by atoms with Gasteiger partial charge in [-0.2, -0.15) is 0 Å². The Hall–Kier alpha value is -2.38. The largest absolute Gasteiger partial charge is 0.337 e. The van der Waals surface area contributed by atoms with Crippen LogP contribution in [0.3, 0.4) is 0 Å². The zero-order chi connectivity index (χ0) is 19.2. The van der Waals surface area contributed by atoms with E-state index in [1.54, 1.807) is 19.1 Å². The minimum absolute atomic E-state index is 0.114. The van der Waals surface area contributed by atoms with Crippen LogP contribution in [0.2, 0.25) is 0 Å². The van der Waals surface area contributed by atoms with Gasteiger partial charge in [0.05, 0.1) is 10.9 Å². The fourth-order valence-electron chi connectivity index (χ4n) is 2.51. The molecule has 140 valence electrons. The van der Waals surface area contributed by atoms with E-state index in [2.05, 4.69) is 15.4 Å². The topological polar surface area (TPSA) is 87.3 Å². The molecule has 0 saturated heterocycles. The van der Waals surface area contributed by atoms with E-state index in [0.717, 1.165) is 11.1 Å². The lowest BCUT2D eigenvalue weighted by Gasteiger charge is -2.15. The summed E-state index contributed by atoms with van der Waals surface area (Å²) in [7, 11) is -3.60. The van der Waals surface area contributed by atoms with Crippen LogP contribution in [0.1, 0.15) is 29.7 Å². The average Bonchev–Trinajstić information content (AvgIpc) is 2.61. The molecule has 26 heavy (non-hydrogen) atoms. The zero-order valence-corrected chi connectivity index (χ0v) is 16.1. The highest BCUT2D eigenvalue weighted by molar-refractivity contribution is 7.89. The first kappa shape index (κ1) is 19.9. The van der Waals surface area contributed by atoms with E-state index in [4.69, 9.17) is 0 Å². The highest BCUT2D eigenvalue weighted by atomic mass is 32.2. The summed E-state index contributed by atoms with van der Waals surface area (Å²) in [6.45, 7) is 5.79. The Balaban J connectivity index is 1.80. The summed E-state index contributed by atoms with van der Waals surface area (Å²) < 4.78 is 27.3. The maximum Gasteiger partial charge on any atom is 0.315 e. The van der Waals surface area contributed by atoms with Crippen molar-refractivity contribution in [3.8, 4) is 0 Å². The van der Waals surface area contributed by atoms with Gasteiger partial charge in [-0.05, 0) is 43.5 Å². The van der Waals surface area contributed by atoms with Crippen LogP contribution < -0.4 is 15.4 Å². The monoisotopic (exact) mass is 375 g/mol.